The number of methoxy groups -OCH3 is 1. The molecule has 3 aromatic heterocycles. The van der Waals surface area contributed by atoms with Crippen LogP contribution < -0.4 is 10.6 Å². The van der Waals surface area contributed by atoms with E-state index in [1.54, 1.807) is 47.5 Å². The van der Waals surface area contributed by atoms with E-state index in [1.165, 1.54) is 7.11 Å². The highest BCUT2D eigenvalue weighted by molar-refractivity contribution is 6.12. The molecule has 0 spiro atoms. The van der Waals surface area contributed by atoms with Crippen molar-refractivity contribution in [3.8, 4) is 11.3 Å². The second-order valence-corrected chi connectivity index (χ2v) is 8.05. The van der Waals surface area contributed by atoms with Crippen molar-refractivity contribution in [2.45, 2.75) is 6.54 Å². The molecule has 0 radical (unpaired) electrons. The molecule has 0 aliphatic rings. The number of hydrogen-bond donors (Lipinski definition) is 2. The van der Waals surface area contributed by atoms with Crippen LogP contribution in [0.1, 0.15) is 16.1 Å². The molecule has 0 aliphatic heterocycles. The summed E-state index contributed by atoms with van der Waals surface area (Å²) in [5, 5.41) is 10.8. The summed E-state index contributed by atoms with van der Waals surface area (Å²) >= 11 is 0. The second kappa shape index (κ2) is 10.2. The summed E-state index contributed by atoms with van der Waals surface area (Å²) in [7, 11) is 1.46. The van der Waals surface area contributed by atoms with Gasteiger partial charge in [-0.15, -0.1) is 0 Å². The van der Waals surface area contributed by atoms with E-state index in [9.17, 15) is 9.59 Å². The number of nitrogens with zero attached hydrogens (tertiary/aromatic N) is 3. The SMILES string of the molecule is COCC(=O)Nc1ccc(NC(=O)c2cc(-c3ccccc3)nc3c2cnn3Cc2ccco2)cc1. The molecule has 9 heteroatoms. The van der Waals surface area contributed by atoms with Gasteiger partial charge >= 0.3 is 0 Å². The number of nitrogens with one attached hydrogen (secondary N) is 2. The van der Waals surface area contributed by atoms with Crippen LogP contribution in [0.3, 0.4) is 0 Å². The maximum absolute atomic E-state index is 13.4. The highest BCUT2D eigenvalue weighted by Crippen LogP contribution is 2.26. The number of carbonyl (C=O) groups is 2. The summed E-state index contributed by atoms with van der Waals surface area (Å²) in [5.41, 5.74) is 3.75. The monoisotopic (exact) mass is 481 g/mol. The second-order valence-electron chi connectivity index (χ2n) is 8.05. The van der Waals surface area contributed by atoms with Gasteiger partial charge in [0.15, 0.2) is 5.65 Å². The van der Waals surface area contributed by atoms with Crippen LogP contribution in [0.4, 0.5) is 11.4 Å². The number of carbonyl (C=O) groups excluding carboxylic acids is 2. The van der Waals surface area contributed by atoms with Crippen LogP contribution in [-0.4, -0.2) is 40.3 Å². The highest BCUT2D eigenvalue weighted by atomic mass is 16.5. The molecule has 0 unspecified atom stereocenters. The third-order valence-corrected chi connectivity index (χ3v) is 5.51. The van der Waals surface area contributed by atoms with Gasteiger partial charge in [-0.3, -0.25) is 9.59 Å². The first-order valence-electron chi connectivity index (χ1n) is 11.3. The first-order valence-corrected chi connectivity index (χ1v) is 11.3. The minimum Gasteiger partial charge on any atom is -0.467 e. The summed E-state index contributed by atoms with van der Waals surface area (Å²) in [4.78, 5) is 29.9. The normalized spacial score (nSPS) is 10.9. The lowest BCUT2D eigenvalue weighted by molar-refractivity contribution is -0.119. The van der Waals surface area contributed by atoms with E-state index in [0.717, 1.165) is 11.3 Å². The van der Waals surface area contributed by atoms with Crippen molar-refractivity contribution in [3.63, 3.8) is 0 Å². The number of benzene rings is 2. The van der Waals surface area contributed by atoms with Crippen molar-refractivity contribution in [1.82, 2.24) is 14.8 Å². The number of pyridine rings is 1. The zero-order valence-corrected chi connectivity index (χ0v) is 19.5. The number of hydrogen-bond acceptors (Lipinski definition) is 6. The fraction of sp³-hybridized carbons (Fsp3) is 0.111. The fourth-order valence-corrected chi connectivity index (χ4v) is 3.82. The summed E-state index contributed by atoms with van der Waals surface area (Å²) in [6.45, 7) is 0.354. The molecule has 9 nitrogen and oxygen atoms in total. The molecule has 2 aromatic carbocycles. The number of anilines is 2. The Morgan fingerprint density at radius 3 is 2.42 bits per heavy atom. The molecular weight excluding hydrogens is 458 g/mol. The summed E-state index contributed by atoms with van der Waals surface area (Å²) in [5.74, 6) is 0.178. The Balaban J connectivity index is 1.46. The molecule has 5 aromatic rings. The third-order valence-electron chi connectivity index (χ3n) is 5.51. The number of furan rings is 1. The average Bonchev–Trinajstić information content (AvgIpc) is 3.56. The molecule has 0 bridgehead atoms. The summed E-state index contributed by atoms with van der Waals surface area (Å²) < 4.78 is 12.0. The van der Waals surface area contributed by atoms with Gasteiger partial charge in [-0.05, 0) is 42.5 Å². The van der Waals surface area contributed by atoms with Crippen LogP contribution in [0.15, 0.2) is 89.7 Å². The maximum Gasteiger partial charge on any atom is 0.256 e. The molecule has 0 fully saturated rings. The zero-order valence-electron chi connectivity index (χ0n) is 19.5. The van der Waals surface area contributed by atoms with Gasteiger partial charge < -0.3 is 19.8 Å². The Morgan fingerprint density at radius 1 is 0.972 bits per heavy atom. The largest absolute Gasteiger partial charge is 0.467 e. The van der Waals surface area contributed by atoms with E-state index in [0.29, 0.717) is 40.2 Å². The predicted molar refractivity (Wildman–Crippen MR) is 136 cm³/mol. The number of amides is 2. The molecule has 36 heavy (non-hydrogen) atoms. The van der Waals surface area contributed by atoms with E-state index >= 15 is 0 Å². The van der Waals surface area contributed by atoms with Crippen LogP contribution in [0.25, 0.3) is 22.3 Å². The topological polar surface area (TPSA) is 111 Å². The van der Waals surface area contributed by atoms with Crippen molar-refractivity contribution in [2.24, 2.45) is 0 Å². The number of ether oxygens (including phenoxy) is 1. The number of fused-ring (bicyclic) bond motifs is 1. The summed E-state index contributed by atoms with van der Waals surface area (Å²) in [6.07, 6.45) is 3.25. The molecule has 180 valence electrons. The van der Waals surface area contributed by atoms with Gasteiger partial charge in [0.2, 0.25) is 5.91 Å². The third kappa shape index (κ3) is 5.01. The molecule has 0 saturated heterocycles. The van der Waals surface area contributed by atoms with Crippen LogP contribution in [0, 0.1) is 0 Å². The standard InChI is InChI=1S/C27H23N5O4/c1-35-17-25(33)29-19-9-11-20(12-10-19)30-27(34)22-14-24(18-6-3-2-4-7-18)31-26-23(22)15-28-32(26)16-21-8-5-13-36-21/h2-15H,16-17H2,1H3,(H,29,33)(H,30,34). The van der Waals surface area contributed by atoms with Gasteiger partial charge in [0.1, 0.15) is 18.9 Å². The van der Waals surface area contributed by atoms with Gasteiger partial charge in [0, 0.05) is 24.0 Å². The lowest BCUT2D eigenvalue weighted by atomic mass is 10.1. The lowest BCUT2D eigenvalue weighted by Crippen LogP contribution is -2.17. The van der Waals surface area contributed by atoms with Crippen LogP contribution in [-0.2, 0) is 16.1 Å². The van der Waals surface area contributed by atoms with Gasteiger partial charge in [-0.25, -0.2) is 9.67 Å². The van der Waals surface area contributed by atoms with E-state index in [2.05, 4.69) is 15.7 Å². The van der Waals surface area contributed by atoms with Crippen LogP contribution >= 0.6 is 0 Å². The molecule has 3 heterocycles. The minimum atomic E-state index is -0.298. The van der Waals surface area contributed by atoms with Crippen molar-refractivity contribution in [3.05, 3.63) is 96.6 Å². The van der Waals surface area contributed by atoms with Gasteiger partial charge in [0.05, 0.1) is 29.1 Å². The lowest BCUT2D eigenvalue weighted by Gasteiger charge is -2.10. The zero-order chi connectivity index (χ0) is 24.9. The van der Waals surface area contributed by atoms with Crippen LogP contribution in [0.5, 0.6) is 0 Å². The molecule has 5 rings (SSSR count). The van der Waals surface area contributed by atoms with Gasteiger partial charge in [-0.2, -0.15) is 5.10 Å². The molecular formula is C27H23N5O4. The van der Waals surface area contributed by atoms with Crippen molar-refractivity contribution >= 4 is 34.2 Å². The van der Waals surface area contributed by atoms with Crippen molar-refractivity contribution in [2.75, 3.05) is 24.4 Å². The first kappa shape index (κ1) is 23.0. The molecule has 0 aliphatic carbocycles. The molecule has 0 atom stereocenters. The maximum atomic E-state index is 13.4. The smallest absolute Gasteiger partial charge is 0.256 e. The van der Waals surface area contributed by atoms with Crippen LogP contribution in [0.2, 0.25) is 0 Å². The highest BCUT2D eigenvalue weighted by Gasteiger charge is 2.18. The Hall–Kier alpha value is -4.76. The first-order chi connectivity index (χ1) is 17.6. The Kier molecular flexibility index (Phi) is 6.55. The van der Waals surface area contributed by atoms with Crippen molar-refractivity contribution < 1.29 is 18.7 Å². The number of rotatable bonds is 8. The van der Waals surface area contributed by atoms with Gasteiger partial charge in [-0.1, -0.05) is 30.3 Å². The minimum absolute atomic E-state index is 0.0338. The van der Waals surface area contributed by atoms with E-state index in [-0.39, 0.29) is 18.4 Å². The Morgan fingerprint density at radius 2 is 1.72 bits per heavy atom. The molecule has 0 saturated carbocycles. The number of aromatic nitrogens is 3. The predicted octanol–water partition coefficient (Wildman–Crippen LogP) is 4.58. The van der Waals surface area contributed by atoms with E-state index in [4.69, 9.17) is 14.1 Å². The average molecular weight is 482 g/mol. The van der Waals surface area contributed by atoms with Gasteiger partial charge in [0.25, 0.3) is 5.91 Å². The Labute approximate surface area is 206 Å². The van der Waals surface area contributed by atoms with Crippen molar-refractivity contribution in [1.29, 1.82) is 0 Å². The fourth-order valence-electron chi connectivity index (χ4n) is 3.82. The van der Waals surface area contributed by atoms with E-state index in [1.807, 2.05) is 42.5 Å². The van der Waals surface area contributed by atoms with E-state index < -0.39 is 0 Å². The molecule has 2 amide bonds. The Bertz CT molecular complexity index is 1490. The summed E-state index contributed by atoms with van der Waals surface area (Å²) in [6, 6.07) is 22.0. The molecule has 2 N–H and O–H groups in total. The quantitative estimate of drug-likeness (QED) is 0.336.